The van der Waals surface area contributed by atoms with E-state index in [2.05, 4.69) is 25.8 Å². The van der Waals surface area contributed by atoms with Gasteiger partial charge >= 0.3 is 6.18 Å². The van der Waals surface area contributed by atoms with Crippen LogP contribution in [0.15, 0.2) is 41.3 Å². The van der Waals surface area contributed by atoms with Gasteiger partial charge in [-0.25, -0.2) is 13.8 Å². The summed E-state index contributed by atoms with van der Waals surface area (Å²) in [6.45, 7) is -1.12. The van der Waals surface area contributed by atoms with Gasteiger partial charge in [0.1, 0.15) is 25.1 Å². The highest BCUT2D eigenvalue weighted by Gasteiger charge is 2.32. The van der Waals surface area contributed by atoms with Gasteiger partial charge in [-0.05, 0) is 31.7 Å². The largest absolute Gasteiger partial charge is 0.406 e. The zero-order chi connectivity index (χ0) is 28.4. The third-order valence-electron chi connectivity index (χ3n) is 6.67. The van der Waals surface area contributed by atoms with Crippen LogP contribution in [0.4, 0.5) is 27.6 Å². The van der Waals surface area contributed by atoms with Crippen molar-refractivity contribution >= 4 is 22.5 Å². The summed E-state index contributed by atoms with van der Waals surface area (Å²) in [5.41, 5.74) is 0.871. The molecule has 214 valence electrons. The van der Waals surface area contributed by atoms with Crippen LogP contribution in [-0.4, -0.2) is 80.3 Å². The lowest BCUT2D eigenvalue weighted by Crippen LogP contribution is -2.46. The number of rotatable bonds is 9. The van der Waals surface area contributed by atoms with Gasteiger partial charge in [-0.2, -0.15) is 18.2 Å². The van der Waals surface area contributed by atoms with E-state index in [0.29, 0.717) is 24.0 Å². The number of nitrogens with one attached hydrogen (secondary N) is 2. The number of fused-ring (bicyclic) bond motifs is 1. The average Bonchev–Trinajstić information content (AvgIpc) is 3.63. The maximum Gasteiger partial charge on any atom is 0.406 e. The van der Waals surface area contributed by atoms with Crippen molar-refractivity contribution in [3.63, 3.8) is 0 Å². The summed E-state index contributed by atoms with van der Waals surface area (Å²) in [6, 6.07) is 5.87. The summed E-state index contributed by atoms with van der Waals surface area (Å²) in [4.78, 5) is 22.3. The Bertz CT molecular complexity index is 1480. The van der Waals surface area contributed by atoms with Crippen LogP contribution >= 0.6 is 0 Å². The molecular formula is C25H27F5N8O2. The molecule has 2 atom stereocenters. The van der Waals surface area contributed by atoms with Gasteiger partial charge in [0.2, 0.25) is 11.7 Å². The van der Waals surface area contributed by atoms with Crippen molar-refractivity contribution in [3.8, 4) is 11.5 Å². The Morgan fingerprint density at radius 3 is 2.85 bits per heavy atom. The molecule has 4 heterocycles. The molecule has 0 aliphatic carbocycles. The lowest BCUT2D eigenvalue weighted by Gasteiger charge is -2.33. The highest BCUT2D eigenvalue weighted by atomic mass is 19.4. The number of carbonyl (C=O) groups excluding carboxylic acids is 1. The first-order valence-electron chi connectivity index (χ1n) is 12.6. The molecule has 0 saturated carbocycles. The molecule has 1 aliphatic heterocycles. The summed E-state index contributed by atoms with van der Waals surface area (Å²) < 4.78 is 75.6. The molecule has 0 bridgehead atoms. The number of piperidine rings is 1. The number of imidazole rings is 1. The second-order valence-corrected chi connectivity index (χ2v) is 9.67. The first-order valence-corrected chi connectivity index (χ1v) is 12.6. The molecule has 4 aromatic rings. The number of carbonyl (C=O) groups is 1. The molecule has 0 radical (unpaired) electrons. The molecule has 1 aromatic carbocycles. The number of aryl methyl sites for hydroxylation is 1. The van der Waals surface area contributed by atoms with Crippen LogP contribution < -0.4 is 10.6 Å². The van der Waals surface area contributed by atoms with Gasteiger partial charge in [0.15, 0.2) is 0 Å². The van der Waals surface area contributed by atoms with E-state index in [4.69, 9.17) is 4.52 Å². The van der Waals surface area contributed by atoms with Crippen molar-refractivity contribution in [3.05, 3.63) is 48.4 Å². The minimum absolute atomic E-state index is 0.0414. The number of aromatic nitrogens is 5. The minimum Gasteiger partial charge on any atom is -0.379 e. The Morgan fingerprint density at radius 1 is 1.27 bits per heavy atom. The van der Waals surface area contributed by atoms with Gasteiger partial charge in [0, 0.05) is 30.4 Å². The predicted molar refractivity (Wildman–Crippen MR) is 135 cm³/mol. The Morgan fingerprint density at radius 2 is 2.10 bits per heavy atom. The van der Waals surface area contributed by atoms with Crippen molar-refractivity contribution in [2.45, 2.75) is 44.4 Å². The van der Waals surface area contributed by atoms with E-state index in [1.807, 2.05) is 11.9 Å². The second-order valence-electron chi connectivity index (χ2n) is 9.67. The third-order valence-corrected chi connectivity index (χ3v) is 6.67. The summed E-state index contributed by atoms with van der Waals surface area (Å²) >= 11 is 0. The van der Waals surface area contributed by atoms with E-state index in [9.17, 15) is 26.7 Å². The molecule has 40 heavy (non-hydrogen) atoms. The number of amides is 1. The summed E-state index contributed by atoms with van der Waals surface area (Å²) in [6.07, 6.45) is -2.44. The van der Waals surface area contributed by atoms with Crippen molar-refractivity contribution in [1.82, 2.24) is 34.5 Å². The summed E-state index contributed by atoms with van der Waals surface area (Å²) in [5.74, 6) is -0.717. The van der Waals surface area contributed by atoms with Crippen LogP contribution in [0.2, 0.25) is 0 Å². The van der Waals surface area contributed by atoms with E-state index >= 15 is 0 Å². The fourth-order valence-electron chi connectivity index (χ4n) is 4.74. The predicted octanol–water partition coefficient (Wildman–Crippen LogP) is 3.80. The van der Waals surface area contributed by atoms with Gasteiger partial charge < -0.3 is 29.2 Å². The number of halogens is 5. The SMILES string of the molecule is CN1CC[C@@H](Nc2cccc3c2cc(-c2noc(CNC(=O)c4cn(CCF)cn4)n2)n3CC(F)(F)F)[C@@H](F)C1. The van der Waals surface area contributed by atoms with Gasteiger partial charge in [0.05, 0.1) is 36.7 Å². The molecule has 15 heteroatoms. The summed E-state index contributed by atoms with van der Waals surface area (Å²) in [7, 11) is 1.83. The molecule has 1 saturated heterocycles. The highest BCUT2D eigenvalue weighted by Crippen LogP contribution is 2.35. The van der Waals surface area contributed by atoms with E-state index in [1.54, 1.807) is 18.2 Å². The number of hydrogen-bond acceptors (Lipinski definition) is 7. The number of anilines is 1. The number of nitrogens with zero attached hydrogens (tertiary/aromatic N) is 6. The smallest absolute Gasteiger partial charge is 0.379 e. The molecule has 3 aromatic heterocycles. The topological polar surface area (TPSA) is 106 Å². The van der Waals surface area contributed by atoms with Crippen molar-refractivity contribution in [1.29, 1.82) is 0 Å². The molecule has 5 rings (SSSR count). The molecule has 0 spiro atoms. The zero-order valence-electron chi connectivity index (χ0n) is 21.5. The van der Waals surface area contributed by atoms with Gasteiger partial charge in [-0.3, -0.25) is 4.79 Å². The fourth-order valence-corrected chi connectivity index (χ4v) is 4.74. The number of alkyl halides is 5. The number of hydrogen-bond donors (Lipinski definition) is 2. The Balaban J connectivity index is 1.40. The molecule has 2 N–H and O–H groups in total. The van der Waals surface area contributed by atoms with Crippen LogP contribution in [0.3, 0.4) is 0 Å². The van der Waals surface area contributed by atoms with Crippen molar-refractivity contribution < 1.29 is 31.3 Å². The molecule has 1 fully saturated rings. The first-order chi connectivity index (χ1) is 19.1. The molecular weight excluding hydrogens is 539 g/mol. The minimum atomic E-state index is -4.55. The second kappa shape index (κ2) is 11.2. The van der Waals surface area contributed by atoms with E-state index in [1.165, 1.54) is 23.2 Å². The van der Waals surface area contributed by atoms with Crippen molar-refractivity contribution in [2.75, 3.05) is 32.1 Å². The van der Waals surface area contributed by atoms with Crippen LogP contribution in [0.5, 0.6) is 0 Å². The number of benzene rings is 1. The lowest BCUT2D eigenvalue weighted by molar-refractivity contribution is -0.139. The van der Waals surface area contributed by atoms with E-state index in [0.717, 1.165) is 4.57 Å². The molecule has 1 aliphatic rings. The van der Waals surface area contributed by atoms with Crippen LogP contribution in [0.25, 0.3) is 22.4 Å². The monoisotopic (exact) mass is 566 g/mol. The normalized spacial score (nSPS) is 18.4. The Kier molecular flexibility index (Phi) is 7.74. The molecule has 10 nitrogen and oxygen atoms in total. The fraction of sp³-hybridized carbons (Fsp3) is 0.440. The molecule has 1 amide bonds. The standard InChI is InChI=1S/C25H27F5N8O2/c1-36-7-5-18(16(27)11-36)33-17-3-2-4-20-15(17)9-21(38(20)13-25(28,29)30)23-34-22(40-35-23)10-31-24(39)19-12-37(8-6-26)14-32-19/h2-4,9,12,14,16,18,33H,5-8,10-11,13H2,1H3,(H,31,39)/t16-,18+/m0/s1. The molecule has 0 unspecified atom stereocenters. The number of likely N-dealkylation sites (tertiary alicyclic amines) is 1. The van der Waals surface area contributed by atoms with E-state index in [-0.39, 0.29) is 48.3 Å². The van der Waals surface area contributed by atoms with Crippen LogP contribution in [-0.2, 0) is 19.6 Å². The zero-order valence-corrected chi connectivity index (χ0v) is 21.5. The van der Waals surface area contributed by atoms with Crippen LogP contribution in [0, 0.1) is 0 Å². The van der Waals surface area contributed by atoms with E-state index < -0.39 is 37.5 Å². The Hall–Kier alpha value is -4.01. The Labute approximate surface area is 225 Å². The average molecular weight is 567 g/mol. The van der Waals surface area contributed by atoms with Crippen LogP contribution in [0.1, 0.15) is 22.8 Å². The highest BCUT2D eigenvalue weighted by molar-refractivity contribution is 5.96. The van der Waals surface area contributed by atoms with Gasteiger partial charge in [-0.15, -0.1) is 0 Å². The maximum absolute atomic E-state index is 14.7. The van der Waals surface area contributed by atoms with Gasteiger partial charge in [-0.1, -0.05) is 11.2 Å². The maximum atomic E-state index is 14.7. The lowest BCUT2D eigenvalue weighted by atomic mass is 10.0. The third kappa shape index (κ3) is 6.08. The summed E-state index contributed by atoms with van der Waals surface area (Å²) in [5, 5.41) is 10.0. The first kappa shape index (κ1) is 27.6. The van der Waals surface area contributed by atoms with Crippen molar-refractivity contribution in [2.24, 2.45) is 0 Å². The van der Waals surface area contributed by atoms with Gasteiger partial charge in [0.25, 0.3) is 5.91 Å². The quantitative estimate of drug-likeness (QED) is 0.297.